The average molecular weight is 317 g/mol. The molecule has 2 heterocycles. The van der Waals surface area contributed by atoms with Crippen LogP contribution in [0.15, 0.2) is 33.7 Å². The van der Waals surface area contributed by atoms with Crippen LogP contribution in [-0.2, 0) is 13.0 Å². The van der Waals surface area contributed by atoms with Gasteiger partial charge in [0.25, 0.3) is 5.56 Å². The predicted octanol–water partition coefficient (Wildman–Crippen LogP) is 2.41. The molecule has 2 amide bonds. The fourth-order valence-electron chi connectivity index (χ4n) is 2.43. The minimum absolute atomic E-state index is 0.0116. The number of amides is 2. The SMILES string of the molecule is Cc1cc(C)c(CNC(=O)N[C@H](C)CCc2ccco2)c(=O)[nH]1. The molecule has 23 heavy (non-hydrogen) atoms. The number of pyridine rings is 1. The van der Waals surface area contributed by atoms with E-state index in [-0.39, 0.29) is 24.2 Å². The smallest absolute Gasteiger partial charge is 0.315 e. The van der Waals surface area contributed by atoms with Crippen molar-refractivity contribution in [1.82, 2.24) is 15.6 Å². The Morgan fingerprint density at radius 1 is 1.39 bits per heavy atom. The van der Waals surface area contributed by atoms with Crippen molar-refractivity contribution in [3.05, 3.63) is 57.4 Å². The fraction of sp³-hybridized carbons (Fsp3) is 0.412. The first-order valence-corrected chi connectivity index (χ1v) is 7.72. The molecular formula is C17H23N3O3. The van der Waals surface area contributed by atoms with Gasteiger partial charge >= 0.3 is 6.03 Å². The number of H-pyrrole nitrogens is 1. The zero-order valence-electron chi connectivity index (χ0n) is 13.7. The molecule has 0 unspecified atom stereocenters. The minimum Gasteiger partial charge on any atom is -0.469 e. The van der Waals surface area contributed by atoms with Crippen molar-refractivity contribution in [2.75, 3.05) is 0 Å². The number of carbonyl (C=O) groups is 1. The van der Waals surface area contributed by atoms with E-state index in [0.29, 0.717) is 5.56 Å². The zero-order chi connectivity index (χ0) is 16.8. The topological polar surface area (TPSA) is 87.1 Å². The van der Waals surface area contributed by atoms with Crippen LogP contribution in [0, 0.1) is 13.8 Å². The highest BCUT2D eigenvalue weighted by Crippen LogP contribution is 2.06. The van der Waals surface area contributed by atoms with Gasteiger partial charge in [0.05, 0.1) is 12.8 Å². The molecule has 0 aliphatic carbocycles. The van der Waals surface area contributed by atoms with Crippen LogP contribution in [0.3, 0.4) is 0 Å². The van der Waals surface area contributed by atoms with E-state index in [1.807, 2.05) is 39.0 Å². The number of aromatic amines is 1. The molecule has 2 aromatic rings. The van der Waals surface area contributed by atoms with Crippen LogP contribution >= 0.6 is 0 Å². The van der Waals surface area contributed by atoms with E-state index in [2.05, 4.69) is 15.6 Å². The summed E-state index contributed by atoms with van der Waals surface area (Å²) in [5.74, 6) is 0.904. The summed E-state index contributed by atoms with van der Waals surface area (Å²) in [5.41, 5.74) is 2.10. The lowest BCUT2D eigenvalue weighted by atomic mass is 10.1. The standard InChI is InChI=1S/C17H23N3O3/c1-11-9-13(3)19-16(21)15(11)10-18-17(22)20-12(2)6-7-14-5-4-8-23-14/h4-5,8-9,12H,6-7,10H2,1-3H3,(H,19,21)(H2,18,20,22)/t12-/m1/s1. The van der Waals surface area contributed by atoms with E-state index in [4.69, 9.17) is 4.42 Å². The van der Waals surface area contributed by atoms with Crippen LogP contribution in [0.4, 0.5) is 4.79 Å². The molecule has 0 saturated carbocycles. The van der Waals surface area contributed by atoms with Crippen molar-refractivity contribution >= 4 is 6.03 Å². The van der Waals surface area contributed by atoms with E-state index in [1.165, 1.54) is 0 Å². The van der Waals surface area contributed by atoms with E-state index >= 15 is 0 Å². The number of rotatable bonds is 6. The fourth-order valence-corrected chi connectivity index (χ4v) is 2.43. The zero-order valence-corrected chi connectivity index (χ0v) is 13.7. The van der Waals surface area contributed by atoms with Crippen molar-refractivity contribution in [2.24, 2.45) is 0 Å². The number of aromatic nitrogens is 1. The maximum atomic E-state index is 11.9. The van der Waals surface area contributed by atoms with Gasteiger partial charge in [0.1, 0.15) is 5.76 Å². The summed E-state index contributed by atoms with van der Waals surface area (Å²) in [7, 11) is 0. The lowest BCUT2D eigenvalue weighted by molar-refractivity contribution is 0.236. The lowest BCUT2D eigenvalue weighted by Crippen LogP contribution is -2.41. The highest BCUT2D eigenvalue weighted by Gasteiger charge is 2.10. The number of carbonyl (C=O) groups excluding carboxylic acids is 1. The third kappa shape index (κ3) is 5.02. The Kier molecular flexibility index (Phi) is 5.62. The summed E-state index contributed by atoms with van der Waals surface area (Å²) in [4.78, 5) is 26.6. The summed E-state index contributed by atoms with van der Waals surface area (Å²) >= 11 is 0. The summed E-state index contributed by atoms with van der Waals surface area (Å²) < 4.78 is 5.26. The van der Waals surface area contributed by atoms with Crippen molar-refractivity contribution < 1.29 is 9.21 Å². The van der Waals surface area contributed by atoms with E-state index in [0.717, 1.165) is 29.9 Å². The molecule has 2 rings (SSSR count). The first-order chi connectivity index (χ1) is 11.0. The third-order valence-electron chi connectivity index (χ3n) is 3.70. The average Bonchev–Trinajstić information content (AvgIpc) is 2.97. The highest BCUT2D eigenvalue weighted by molar-refractivity contribution is 5.74. The Morgan fingerprint density at radius 3 is 2.83 bits per heavy atom. The van der Waals surface area contributed by atoms with Crippen LogP contribution in [0.2, 0.25) is 0 Å². The van der Waals surface area contributed by atoms with Crippen molar-refractivity contribution in [3.63, 3.8) is 0 Å². The molecule has 0 aliphatic rings. The van der Waals surface area contributed by atoms with E-state index < -0.39 is 0 Å². The largest absolute Gasteiger partial charge is 0.469 e. The Morgan fingerprint density at radius 2 is 2.17 bits per heavy atom. The number of furan rings is 1. The van der Waals surface area contributed by atoms with Gasteiger partial charge in [-0.2, -0.15) is 0 Å². The highest BCUT2D eigenvalue weighted by atomic mass is 16.3. The van der Waals surface area contributed by atoms with Gasteiger partial charge in [-0.25, -0.2) is 4.79 Å². The number of hydrogen-bond acceptors (Lipinski definition) is 3. The second-order valence-corrected chi connectivity index (χ2v) is 5.79. The molecule has 2 aromatic heterocycles. The van der Waals surface area contributed by atoms with Crippen molar-refractivity contribution in [2.45, 2.75) is 46.2 Å². The Balaban J connectivity index is 1.80. The molecule has 0 aliphatic heterocycles. The van der Waals surface area contributed by atoms with E-state index in [9.17, 15) is 9.59 Å². The van der Waals surface area contributed by atoms with Crippen LogP contribution in [0.25, 0.3) is 0 Å². The molecule has 1 atom stereocenters. The number of nitrogens with one attached hydrogen (secondary N) is 3. The Labute approximate surface area is 135 Å². The third-order valence-corrected chi connectivity index (χ3v) is 3.70. The van der Waals surface area contributed by atoms with Gasteiger partial charge < -0.3 is 20.0 Å². The molecule has 0 saturated heterocycles. The maximum Gasteiger partial charge on any atom is 0.315 e. The minimum atomic E-state index is -0.281. The molecular weight excluding hydrogens is 294 g/mol. The molecule has 0 aromatic carbocycles. The molecule has 6 nitrogen and oxygen atoms in total. The first kappa shape index (κ1) is 16.9. The normalized spacial score (nSPS) is 12.0. The molecule has 124 valence electrons. The molecule has 0 radical (unpaired) electrons. The van der Waals surface area contributed by atoms with E-state index in [1.54, 1.807) is 6.26 Å². The molecule has 6 heteroatoms. The van der Waals surface area contributed by atoms with Crippen LogP contribution in [0.1, 0.15) is 35.9 Å². The van der Waals surface area contributed by atoms with Gasteiger partial charge in [0.2, 0.25) is 0 Å². The number of hydrogen-bond donors (Lipinski definition) is 3. The second-order valence-electron chi connectivity index (χ2n) is 5.79. The molecule has 0 bridgehead atoms. The quantitative estimate of drug-likeness (QED) is 0.764. The number of urea groups is 1. The van der Waals surface area contributed by atoms with Gasteiger partial charge in [-0.1, -0.05) is 0 Å². The van der Waals surface area contributed by atoms with Gasteiger partial charge in [0, 0.05) is 23.7 Å². The summed E-state index contributed by atoms with van der Waals surface area (Å²) in [6.07, 6.45) is 3.19. The predicted molar refractivity (Wildman–Crippen MR) is 88.4 cm³/mol. The molecule has 0 fully saturated rings. The number of aryl methyl sites for hydroxylation is 3. The molecule has 3 N–H and O–H groups in total. The second kappa shape index (κ2) is 7.67. The summed E-state index contributed by atoms with van der Waals surface area (Å²) in [6.45, 7) is 5.84. The van der Waals surface area contributed by atoms with Crippen LogP contribution in [0.5, 0.6) is 0 Å². The Bertz CT molecular complexity index is 704. The maximum absolute atomic E-state index is 11.9. The van der Waals surface area contributed by atoms with Crippen molar-refractivity contribution in [3.8, 4) is 0 Å². The summed E-state index contributed by atoms with van der Waals surface area (Å²) in [5, 5.41) is 5.59. The first-order valence-electron chi connectivity index (χ1n) is 7.72. The van der Waals surface area contributed by atoms with Gasteiger partial charge in [-0.05, 0) is 51.0 Å². The monoisotopic (exact) mass is 317 g/mol. The molecule has 0 spiro atoms. The Hall–Kier alpha value is -2.50. The summed E-state index contributed by atoms with van der Waals surface area (Å²) in [6, 6.07) is 5.39. The van der Waals surface area contributed by atoms with Crippen molar-refractivity contribution in [1.29, 1.82) is 0 Å². The van der Waals surface area contributed by atoms with Gasteiger partial charge in [-0.15, -0.1) is 0 Å². The van der Waals surface area contributed by atoms with Crippen LogP contribution < -0.4 is 16.2 Å². The van der Waals surface area contributed by atoms with Gasteiger partial charge in [0.15, 0.2) is 0 Å². The lowest BCUT2D eigenvalue weighted by Gasteiger charge is -2.14. The van der Waals surface area contributed by atoms with Crippen LogP contribution in [-0.4, -0.2) is 17.1 Å². The van der Waals surface area contributed by atoms with Gasteiger partial charge in [-0.3, -0.25) is 4.79 Å².